The van der Waals surface area contributed by atoms with Gasteiger partial charge < -0.3 is 5.32 Å². The molecule has 5 heteroatoms. The van der Waals surface area contributed by atoms with Crippen LogP contribution in [0.3, 0.4) is 0 Å². The second-order valence-corrected chi connectivity index (χ2v) is 7.66. The van der Waals surface area contributed by atoms with Gasteiger partial charge in [-0.2, -0.15) is 0 Å². The molecule has 1 unspecified atom stereocenters. The predicted octanol–water partition coefficient (Wildman–Crippen LogP) is 6.44. The molecular weight excluding hydrogens is 345 g/mol. The number of halogens is 3. The standard InChI is InChI=1S/C16H16Cl3NS/c1-2-20-16(9-3-4-9)15-6-5-14(21-15)10-7-12(18)13(19)8-11(10)17/h5-9,16,20H,2-4H2,1H3. The number of rotatable bonds is 5. The molecule has 0 spiro atoms. The summed E-state index contributed by atoms with van der Waals surface area (Å²) in [7, 11) is 0. The number of benzene rings is 1. The maximum atomic E-state index is 6.31. The number of nitrogens with one attached hydrogen (secondary N) is 1. The Morgan fingerprint density at radius 1 is 1.14 bits per heavy atom. The largest absolute Gasteiger partial charge is 0.309 e. The van der Waals surface area contributed by atoms with Gasteiger partial charge >= 0.3 is 0 Å². The van der Waals surface area contributed by atoms with Crippen LogP contribution >= 0.6 is 46.1 Å². The molecule has 1 aromatic heterocycles. The molecule has 0 saturated heterocycles. The van der Waals surface area contributed by atoms with Gasteiger partial charge in [0.25, 0.3) is 0 Å². The Morgan fingerprint density at radius 3 is 2.52 bits per heavy atom. The van der Waals surface area contributed by atoms with Crippen molar-refractivity contribution in [2.75, 3.05) is 6.54 Å². The summed E-state index contributed by atoms with van der Waals surface area (Å²) >= 11 is 20.2. The molecule has 1 nitrogen and oxygen atoms in total. The van der Waals surface area contributed by atoms with Crippen molar-refractivity contribution in [2.24, 2.45) is 5.92 Å². The van der Waals surface area contributed by atoms with Crippen LogP contribution in [0.2, 0.25) is 15.1 Å². The second kappa shape index (κ2) is 6.47. The van der Waals surface area contributed by atoms with Crippen molar-refractivity contribution in [1.82, 2.24) is 5.32 Å². The van der Waals surface area contributed by atoms with Crippen molar-refractivity contribution in [1.29, 1.82) is 0 Å². The number of hydrogen-bond acceptors (Lipinski definition) is 2. The second-order valence-electron chi connectivity index (χ2n) is 5.32. The van der Waals surface area contributed by atoms with E-state index in [0.717, 1.165) is 22.9 Å². The average Bonchev–Trinajstić information content (AvgIpc) is 3.17. The first-order chi connectivity index (χ1) is 10.1. The molecule has 0 aliphatic heterocycles. The minimum Gasteiger partial charge on any atom is -0.309 e. The third-order valence-corrected chi connectivity index (χ3v) is 5.96. The van der Waals surface area contributed by atoms with Crippen molar-refractivity contribution >= 4 is 46.1 Å². The van der Waals surface area contributed by atoms with Crippen LogP contribution < -0.4 is 5.32 Å². The molecule has 3 rings (SSSR count). The van der Waals surface area contributed by atoms with Crippen LogP contribution in [0.15, 0.2) is 24.3 Å². The predicted molar refractivity (Wildman–Crippen MR) is 93.9 cm³/mol. The van der Waals surface area contributed by atoms with Gasteiger partial charge in [0.15, 0.2) is 0 Å². The zero-order chi connectivity index (χ0) is 15.0. The first-order valence-corrected chi connectivity index (χ1v) is 9.03. The van der Waals surface area contributed by atoms with Crippen molar-refractivity contribution in [3.05, 3.63) is 44.2 Å². The summed E-state index contributed by atoms with van der Waals surface area (Å²) in [6.07, 6.45) is 2.64. The molecule has 2 aromatic rings. The highest BCUT2D eigenvalue weighted by molar-refractivity contribution is 7.15. The SMILES string of the molecule is CCNC(c1ccc(-c2cc(Cl)c(Cl)cc2Cl)s1)C1CC1. The van der Waals surface area contributed by atoms with Gasteiger partial charge in [-0.15, -0.1) is 11.3 Å². The molecular formula is C16H16Cl3NS. The van der Waals surface area contributed by atoms with E-state index in [1.165, 1.54) is 17.7 Å². The molecule has 21 heavy (non-hydrogen) atoms. The Morgan fingerprint density at radius 2 is 1.86 bits per heavy atom. The lowest BCUT2D eigenvalue weighted by Gasteiger charge is -2.15. The summed E-state index contributed by atoms with van der Waals surface area (Å²) < 4.78 is 0. The highest BCUT2D eigenvalue weighted by Crippen LogP contribution is 2.45. The fourth-order valence-electron chi connectivity index (χ4n) is 2.53. The van der Waals surface area contributed by atoms with Crippen LogP contribution in [0.5, 0.6) is 0 Å². The van der Waals surface area contributed by atoms with E-state index in [-0.39, 0.29) is 0 Å². The van der Waals surface area contributed by atoms with Crippen LogP contribution in [-0.2, 0) is 0 Å². The summed E-state index contributed by atoms with van der Waals surface area (Å²) in [5, 5.41) is 5.26. The van der Waals surface area contributed by atoms with Crippen LogP contribution in [0, 0.1) is 5.92 Å². The van der Waals surface area contributed by atoms with Gasteiger partial charge in [-0.05, 0) is 49.6 Å². The molecule has 1 heterocycles. The lowest BCUT2D eigenvalue weighted by Crippen LogP contribution is -2.21. The maximum absolute atomic E-state index is 6.31. The Kier molecular flexibility index (Phi) is 4.82. The molecule has 1 atom stereocenters. The molecule has 1 saturated carbocycles. The minimum absolute atomic E-state index is 0.468. The van der Waals surface area contributed by atoms with Gasteiger partial charge in [-0.1, -0.05) is 41.7 Å². The van der Waals surface area contributed by atoms with E-state index in [0.29, 0.717) is 21.1 Å². The molecule has 1 aliphatic rings. The minimum atomic E-state index is 0.468. The number of hydrogen-bond donors (Lipinski definition) is 1. The lowest BCUT2D eigenvalue weighted by atomic mass is 10.1. The first-order valence-electron chi connectivity index (χ1n) is 7.08. The molecule has 0 radical (unpaired) electrons. The Labute approximate surface area is 144 Å². The molecule has 1 fully saturated rings. The highest BCUT2D eigenvalue weighted by atomic mass is 35.5. The van der Waals surface area contributed by atoms with Crippen molar-refractivity contribution in [3.63, 3.8) is 0 Å². The van der Waals surface area contributed by atoms with Gasteiger partial charge in [0, 0.05) is 21.4 Å². The Balaban J connectivity index is 1.92. The average molecular weight is 361 g/mol. The highest BCUT2D eigenvalue weighted by Gasteiger charge is 2.32. The third kappa shape index (κ3) is 3.40. The van der Waals surface area contributed by atoms with E-state index >= 15 is 0 Å². The Hall–Kier alpha value is -0.250. The van der Waals surface area contributed by atoms with E-state index in [4.69, 9.17) is 34.8 Å². The summed E-state index contributed by atoms with van der Waals surface area (Å²) in [4.78, 5) is 2.51. The quantitative estimate of drug-likeness (QED) is 0.605. The van der Waals surface area contributed by atoms with E-state index in [1.54, 1.807) is 17.4 Å². The fraction of sp³-hybridized carbons (Fsp3) is 0.375. The van der Waals surface area contributed by atoms with Crippen LogP contribution in [0.1, 0.15) is 30.7 Å². The van der Waals surface area contributed by atoms with Gasteiger partial charge in [-0.3, -0.25) is 0 Å². The van der Waals surface area contributed by atoms with Crippen molar-refractivity contribution in [3.8, 4) is 10.4 Å². The van der Waals surface area contributed by atoms with Crippen LogP contribution in [-0.4, -0.2) is 6.54 Å². The summed E-state index contributed by atoms with van der Waals surface area (Å²) in [6.45, 7) is 3.14. The van der Waals surface area contributed by atoms with Crippen molar-refractivity contribution < 1.29 is 0 Å². The molecule has 0 bridgehead atoms. The third-order valence-electron chi connectivity index (χ3n) is 3.73. The zero-order valence-corrected chi connectivity index (χ0v) is 14.7. The molecule has 1 aromatic carbocycles. The summed E-state index contributed by atoms with van der Waals surface area (Å²) in [5.74, 6) is 0.778. The molecule has 112 valence electrons. The normalized spacial score (nSPS) is 16.2. The van der Waals surface area contributed by atoms with Gasteiger partial charge in [0.2, 0.25) is 0 Å². The zero-order valence-electron chi connectivity index (χ0n) is 11.6. The monoisotopic (exact) mass is 359 g/mol. The van der Waals surface area contributed by atoms with Gasteiger partial charge in [0.1, 0.15) is 0 Å². The van der Waals surface area contributed by atoms with E-state index in [2.05, 4.69) is 24.4 Å². The molecule has 1 N–H and O–H groups in total. The smallest absolute Gasteiger partial charge is 0.0607 e. The summed E-state index contributed by atoms with van der Waals surface area (Å²) in [6, 6.07) is 8.35. The van der Waals surface area contributed by atoms with Crippen molar-refractivity contribution in [2.45, 2.75) is 25.8 Å². The molecule has 1 aliphatic carbocycles. The van der Waals surface area contributed by atoms with Gasteiger partial charge in [0.05, 0.1) is 15.1 Å². The van der Waals surface area contributed by atoms with Crippen LogP contribution in [0.4, 0.5) is 0 Å². The van der Waals surface area contributed by atoms with E-state index in [1.807, 2.05) is 6.07 Å². The Bertz CT molecular complexity index is 649. The van der Waals surface area contributed by atoms with Gasteiger partial charge in [-0.25, -0.2) is 0 Å². The number of thiophene rings is 1. The summed E-state index contributed by atoms with van der Waals surface area (Å²) in [5.41, 5.74) is 0.952. The first kappa shape index (κ1) is 15.6. The topological polar surface area (TPSA) is 12.0 Å². The lowest BCUT2D eigenvalue weighted by molar-refractivity contribution is 0.504. The van der Waals surface area contributed by atoms with E-state index in [9.17, 15) is 0 Å². The fourth-order valence-corrected chi connectivity index (χ4v) is 4.44. The molecule has 0 amide bonds. The van der Waals surface area contributed by atoms with E-state index < -0.39 is 0 Å². The van der Waals surface area contributed by atoms with Crippen LogP contribution in [0.25, 0.3) is 10.4 Å². The maximum Gasteiger partial charge on any atom is 0.0607 e.